The number of hydrogen-bond acceptors (Lipinski definition) is 2. The third kappa shape index (κ3) is 3.20. The van der Waals surface area contributed by atoms with Crippen molar-refractivity contribution in [3.05, 3.63) is 58.6 Å². The molecule has 2 rings (SSSR count). The van der Waals surface area contributed by atoms with Crippen LogP contribution in [0.4, 0.5) is 8.78 Å². The predicted molar refractivity (Wildman–Crippen MR) is 64.8 cm³/mol. The highest BCUT2D eigenvalue weighted by molar-refractivity contribution is 6.30. The van der Waals surface area contributed by atoms with E-state index in [9.17, 15) is 13.6 Å². The van der Waals surface area contributed by atoms with Gasteiger partial charge in [-0.2, -0.15) is 0 Å². The van der Waals surface area contributed by atoms with E-state index in [1.165, 1.54) is 18.2 Å². The molecule has 0 amide bonds. The van der Waals surface area contributed by atoms with Gasteiger partial charge in [-0.3, -0.25) is 0 Å². The predicted octanol–water partition coefficient (Wildman–Crippen LogP) is 4.11. The molecule has 0 fully saturated rings. The van der Waals surface area contributed by atoms with Crippen molar-refractivity contribution in [3.63, 3.8) is 0 Å². The first-order chi connectivity index (χ1) is 8.95. The van der Waals surface area contributed by atoms with Gasteiger partial charge in [-0.05, 0) is 12.1 Å². The molecule has 0 spiro atoms. The average Bonchev–Trinajstić information content (AvgIpc) is 2.26. The minimum atomic E-state index is -1.23. The topological polar surface area (TPSA) is 46.5 Å². The van der Waals surface area contributed by atoms with Crippen LogP contribution in [0.15, 0.2) is 36.4 Å². The van der Waals surface area contributed by atoms with Crippen LogP contribution in [0.25, 0.3) is 0 Å². The maximum atomic E-state index is 13.0. The van der Waals surface area contributed by atoms with Crippen LogP contribution in [0.2, 0.25) is 5.02 Å². The van der Waals surface area contributed by atoms with Crippen LogP contribution in [0.3, 0.4) is 0 Å². The number of ether oxygens (including phenoxy) is 1. The van der Waals surface area contributed by atoms with Crippen molar-refractivity contribution in [1.82, 2.24) is 0 Å². The van der Waals surface area contributed by atoms with Gasteiger partial charge in [0.15, 0.2) is 0 Å². The molecule has 0 saturated heterocycles. The number of rotatable bonds is 3. The molecule has 0 aliphatic rings. The summed E-state index contributed by atoms with van der Waals surface area (Å²) in [6.45, 7) is 0. The fourth-order valence-electron chi connectivity index (χ4n) is 1.47. The van der Waals surface area contributed by atoms with E-state index in [0.29, 0.717) is 6.07 Å². The first kappa shape index (κ1) is 13.3. The Bertz CT molecular complexity index is 624. The van der Waals surface area contributed by atoms with E-state index < -0.39 is 17.6 Å². The molecule has 6 heteroatoms. The Morgan fingerprint density at radius 2 is 1.74 bits per heavy atom. The number of halogens is 3. The summed E-state index contributed by atoms with van der Waals surface area (Å²) in [6, 6.07) is 6.45. The highest BCUT2D eigenvalue weighted by Crippen LogP contribution is 2.29. The van der Waals surface area contributed by atoms with Gasteiger partial charge in [0.05, 0.1) is 0 Å². The lowest BCUT2D eigenvalue weighted by Gasteiger charge is -2.09. The lowest BCUT2D eigenvalue weighted by Crippen LogP contribution is -2.00. The molecular formula is C13H7ClF2O3. The maximum absolute atomic E-state index is 13.0. The zero-order chi connectivity index (χ0) is 14.0. The molecule has 0 saturated carbocycles. The summed E-state index contributed by atoms with van der Waals surface area (Å²) in [5.74, 6) is -3.13. The fourth-order valence-corrected chi connectivity index (χ4v) is 1.63. The van der Waals surface area contributed by atoms with Crippen molar-refractivity contribution in [2.75, 3.05) is 0 Å². The minimum absolute atomic E-state index is 0.0926. The highest BCUT2D eigenvalue weighted by Gasteiger charge is 2.13. The van der Waals surface area contributed by atoms with Crippen molar-refractivity contribution >= 4 is 17.6 Å². The lowest BCUT2D eigenvalue weighted by atomic mass is 10.2. The molecule has 0 heterocycles. The molecule has 0 radical (unpaired) electrons. The van der Waals surface area contributed by atoms with Gasteiger partial charge in [0.1, 0.15) is 28.7 Å². The molecule has 19 heavy (non-hydrogen) atoms. The van der Waals surface area contributed by atoms with Crippen LogP contribution in [-0.2, 0) is 0 Å². The average molecular weight is 285 g/mol. The van der Waals surface area contributed by atoms with E-state index in [1.54, 1.807) is 0 Å². The lowest BCUT2D eigenvalue weighted by molar-refractivity contribution is 0.0694. The first-order valence-electron chi connectivity index (χ1n) is 5.12. The third-order valence-corrected chi connectivity index (χ3v) is 2.47. The second-order valence-electron chi connectivity index (χ2n) is 3.65. The Kier molecular flexibility index (Phi) is 3.66. The molecule has 0 bridgehead atoms. The Morgan fingerprint density at radius 3 is 2.32 bits per heavy atom. The second kappa shape index (κ2) is 5.24. The van der Waals surface area contributed by atoms with Crippen molar-refractivity contribution in [2.24, 2.45) is 0 Å². The number of benzene rings is 2. The van der Waals surface area contributed by atoms with Crippen LogP contribution < -0.4 is 4.74 Å². The Morgan fingerprint density at radius 1 is 1.11 bits per heavy atom. The van der Waals surface area contributed by atoms with Gasteiger partial charge in [-0.15, -0.1) is 0 Å². The van der Waals surface area contributed by atoms with E-state index in [0.717, 1.165) is 12.1 Å². The zero-order valence-corrected chi connectivity index (χ0v) is 10.1. The number of carboxylic acids is 1. The van der Waals surface area contributed by atoms with E-state index in [4.69, 9.17) is 21.4 Å². The summed E-state index contributed by atoms with van der Waals surface area (Å²) in [6.07, 6.45) is 0. The second-order valence-corrected chi connectivity index (χ2v) is 4.09. The van der Waals surface area contributed by atoms with Gasteiger partial charge in [-0.1, -0.05) is 11.6 Å². The summed E-state index contributed by atoms with van der Waals surface area (Å²) in [5.41, 5.74) is -0.158. The Hall–Kier alpha value is -2.14. The molecule has 98 valence electrons. The summed E-state index contributed by atoms with van der Waals surface area (Å²) in [7, 11) is 0. The number of carbonyl (C=O) groups is 1. The van der Waals surface area contributed by atoms with Crippen molar-refractivity contribution in [1.29, 1.82) is 0 Å². The van der Waals surface area contributed by atoms with Gasteiger partial charge in [-0.25, -0.2) is 13.6 Å². The molecule has 0 aliphatic heterocycles. The van der Waals surface area contributed by atoms with Gasteiger partial charge >= 0.3 is 5.97 Å². The van der Waals surface area contributed by atoms with Gasteiger partial charge in [0.2, 0.25) is 0 Å². The molecule has 2 aromatic carbocycles. The van der Waals surface area contributed by atoms with Crippen LogP contribution in [-0.4, -0.2) is 11.1 Å². The van der Waals surface area contributed by atoms with Crippen LogP contribution >= 0.6 is 11.6 Å². The third-order valence-electron chi connectivity index (χ3n) is 2.24. The molecule has 2 aromatic rings. The van der Waals surface area contributed by atoms with Crippen LogP contribution in [0.1, 0.15) is 10.4 Å². The highest BCUT2D eigenvalue weighted by atomic mass is 35.5. The summed E-state index contributed by atoms with van der Waals surface area (Å²) in [4.78, 5) is 11.0. The largest absolute Gasteiger partial charge is 0.478 e. The number of hydrogen-bond donors (Lipinski definition) is 1. The van der Waals surface area contributed by atoms with Crippen molar-refractivity contribution < 1.29 is 23.4 Å². The molecule has 1 N–H and O–H groups in total. The van der Waals surface area contributed by atoms with Crippen molar-refractivity contribution in [2.45, 2.75) is 0 Å². The maximum Gasteiger partial charge on any atom is 0.339 e. The summed E-state index contributed by atoms with van der Waals surface area (Å²) < 4.78 is 31.2. The Balaban J connectivity index is 2.42. The van der Waals surface area contributed by atoms with E-state index in [-0.39, 0.29) is 22.1 Å². The molecule has 0 atom stereocenters. The van der Waals surface area contributed by atoms with Crippen LogP contribution in [0, 0.1) is 11.6 Å². The molecule has 3 nitrogen and oxygen atoms in total. The molecule has 0 unspecified atom stereocenters. The fraction of sp³-hybridized carbons (Fsp3) is 0. The van der Waals surface area contributed by atoms with E-state index in [1.807, 2.05) is 0 Å². The standard InChI is InChI=1S/C13H7ClF2O3/c14-7-1-2-11(13(17)18)12(3-7)19-10-5-8(15)4-9(16)6-10/h1-6H,(H,17,18). The first-order valence-corrected chi connectivity index (χ1v) is 5.50. The smallest absolute Gasteiger partial charge is 0.339 e. The normalized spacial score (nSPS) is 10.3. The van der Waals surface area contributed by atoms with E-state index in [2.05, 4.69) is 0 Å². The Labute approximate surface area is 112 Å². The number of aromatic carboxylic acids is 1. The van der Waals surface area contributed by atoms with Gasteiger partial charge < -0.3 is 9.84 Å². The SMILES string of the molecule is O=C(O)c1ccc(Cl)cc1Oc1cc(F)cc(F)c1. The zero-order valence-electron chi connectivity index (χ0n) is 9.36. The summed E-state index contributed by atoms with van der Waals surface area (Å²) >= 11 is 5.73. The van der Waals surface area contributed by atoms with Crippen molar-refractivity contribution in [3.8, 4) is 11.5 Å². The monoisotopic (exact) mass is 284 g/mol. The molecule has 0 aliphatic carbocycles. The minimum Gasteiger partial charge on any atom is -0.478 e. The van der Waals surface area contributed by atoms with Crippen LogP contribution in [0.5, 0.6) is 11.5 Å². The molecule has 0 aromatic heterocycles. The molecular weight excluding hydrogens is 278 g/mol. The quantitative estimate of drug-likeness (QED) is 0.922. The van der Waals surface area contributed by atoms with E-state index >= 15 is 0 Å². The number of carboxylic acid groups (broad SMARTS) is 1. The summed E-state index contributed by atoms with van der Waals surface area (Å²) in [5, 5.41) is 9.22. The van der Waals surface area contributed by atoms with Gasteiger partial charge in [0, 0.05) is 29.3 Å². The van der Waals surface area contributed by atoms with Gasteiger partial charge in [0.25, 0.3) is 0 Å².